The smallest absolute Gasteiger partial charge is 0.0942 e. The molecule has 0 spiro atoms. The summed E-state index contributed by atoms with van der Waals surface area (Å²) in [6.07, 6.45) is 4.07. The number of aliphatic hydroxyl groups is 1. The zero-order valence-corrected chi connectivity index (χ0v) is 14.3. The molecule has 1 fully saturated rings. The number of nitrogens with zero attached hydrogens (tertiary/aromatic N) is 2. The standard InChI is InChI=1S/C16H27ClN2O2/c1-5-19-13(15(17)12(3)18-19)9-14(20)16(21-4)8-6-7-11(2)10-16/h11,14,20H,5-10H2,1-4H3. The van der Waals surface area contributed by atoms with Crippen LogP contribution in [0.25, 0.3) is 0 Å². The van der Waals surface area contributed by atoms with Crippen molar-refractivity contribution < 1.29 is 9.84 Å². The Balaban J connectivity index is 2.21. The van der Waals surface area contributed by atoms with Gasteiger partial charge in [0.25, 0.3) is 0 Å². The zero-order chi connectivity index (χ0) is 15.6. The fraction of sp³-hybridized carbons (Fsp3) is 0.812. The van der Waals surface area contributed by atoms with E-state index in [1.165, 1.54) is 6.42 Å². The summed E-state index contributed by atoms with van der Waals surface area (Å²) in [5.74, 6) is 0.585. The van der Waals surface area contributed by atoms with Crippen LogP contribution in [0.4, 0.5) is 0 Å². The van der Waals surface area contributed by atoms with Crippen LogP contribution in [0, 0.1) is 12.8 Å². The highest BCUT2D eigenvalue weighted by Crippen LogP contribution is 2.38. The van der Waals surface area contributed by atoms with Crippen molar-refractivity contribution >= 4 is 11.6 Å². The zero-order valence-electron chi connectivity index (χ0n) is 13.5. The fourth-order valence-electron chi connectivity index (χ4n) is 3.60. The summed E-state index contributed by atoms with van der Waals surface area (Å²) in [6, 6.07) is 0. The molecule has 0 aromatic carbocycles. The molecule has 0 saturated heterocycles. The van der Waals surface area contributed by atoms with E-state index in [1.54, 1.807) is 7.11 Å². The van der Waals surface area contributed by atoms with Gasteiger partial charge < -0.3 is 9.84 Å². The monoisotopic (exact) mass is 314 g/mol. The van der Waals surface area contributed by atoms with E-state index in [0.717, 1.165) is 37.2 Å². The minimum absolute atomic E-state index is 0.447. The average molecular weight is 315 g/mol. The molecule has 0 amide bonds. The molecule has 21 heavy (non-hydrogen) atoms. The highest BCUT2D eigenvalue weighted by molar-refractivity contribution is 6.31. The van der Waals surface area contributed by atoms with Crippen molar-refractivity contribution in [2.75, 3.05) is 7.11 Å². The Labute approximate surface area is 132 Å². The molecule has 0 aliphatic heterocycles. The second-order valence-corrected chi connectivity index (χ2v) is 6.73. The van der Waals surface area contributed by atoms with Gasteiger partial charge in [-0.3, -0.25) is 4.68 Å². The first kappa shape index (κ1) is 16.8. The average Bonchev–Trinajstić information content (AvgIpc) is 2.74. The maximum atomic E-state index is 10.8. The molecule has 3 atom stereocenters. The van der Waals surface area contributed by atoms with Gasteiger partial charge in [-0.2, -0.15) is 5.10 Å². The summed E-state index contributed by atoms with van der Waals surface area (Å²) in [5.41, 5.74) is 1.29. The minimum atomic E-state index is -0.552. The molecule has 3 unspecified atom stereocenters. The van der Waals surface area contributed by atoms with Crippen molar-refractivity contribution in [3.63, 3.8) is 0 Å². The van der Waals surface area contributed by atoms with Crippen LogP contribution >= 0.6 is 11.6 Å². The highest BCUT2D eigenvalue weighted by Gasteiger charge is 2.42. The molecular weight excluding hydrogens is 288 g/mol. The van der Waals surface area contributed by atoms with E-state index in [9.17, 15) is 5.11 Å². The van der Waals surface area contributed by atoms with Gasteiger partial charge in [0.2, 0.25) is 0 Å². The van der Waals surface area contributed by atoms with E-state index >= 15 is 0 Å². The van der Waals surface area contributed by atoms with Gasteiger partial charge in [0.1, 0.15) is 0 Å². The van der Waals surface area contributed by atoms with E-state index in [1.807, 2.05) is 18.5 Å². The van der Waals surface area contributed by atoms with E-state index < -0.39 is 11.7 Å². The SMILES string of the molecule is CCn1nc(C)c(Cl)c1CC(O)C1(OC)CCCC(C)C1. The van der Waals surface area contributed by atoms with Crippen LogP contribution in [-0.2, 0) is 17.7 Å². The van der Waals surface area contributed by atoms with Crippen LogP contribution in [0.3, 0.4) is 0 Å². The predicted octanol–water partition coefficient (Wildman–Crippen LogP) is 3.36. The van der Waals surface area contributed by atoms with Gasteiger partial charge in [-0.15, -0.1) is 0 Å². The van der Waals surface area contributed by atoms with E-state index in [0.29, 0.717) is 17.4 Å². The lowest BCUT2D eigenvalue weighted by atomic mass is 9.74. The summed E-state index contributed by atoms with van der Waals surface area (Å²) < 4.78 is 7.67. The molecule has 1 heterocycles. The number of halogens is 1. The summed E-state index contributed by atoms with van der Waals surface area (Å²) in [7, 11) is 1.71. The molecule has 1 aromatic heterocycles. The lowest BCUT2D eigenvalue weighted by Crippen LogP contribution is -2.48. The van der Waals surface area contributed by atoms with Gasteiger partial charge in [-0.1, -0.05) is 31.4 Å². The first-order chi connectivity index (χ1) is 9.93. The third-order valence-electron chi connectivity index (χ3n) is 4.84. The topological polar surface area (TPSA) is 47.3 Å². The second-order valence-electron chi connectivity index (χ2n) is 6.35. The normalized spacial score (nSPS) is 27.8. The lowest BCUT2D eigenvalue weighted by molar-refractivity contribution is -0.131. The predicted molar refractivity (Wildman–Crippen MR) is 84.7 cm³/mol. The minimum Gasteiger partial charge on any atom is -0.390 e. The summed E-state index contributed by atoms with van der Waals surface area (Å²) in [5, 5.41) is 15.9. The van der Waals surface area contributed by atoms with Gasteiger partial charge >= 0.3 is 0 Å². The van der Waals surface area contributed by atoms with E-state index in [-0.39, 0.29) is 0 Å². The van der Waals surface area contributed by atoms with Gasteiger partial charge in [0.05, 0.1) is 28.1 Å². The number of aromatic nitrogens is 2. The first-order valence-corrected chi connectivity index (χ1v) is 8.26. The Kier molecular flexibility index (Phi) is 5.33. The Bertz CT molecular complexity index is 489. The van der Waals surface area contributed by atoms with Crippen molar-refractivity contribution in [1.29, 1.82) is 0 Å². The number of hydrogen-bond acceptors (Lipinski definition) is 3. The molecule has 1 aliphatic carbocycles. The van der Waals surface area contributed by atoms with Crippen molar-refractivity contribution in [3.05, 3.63) is 16.4 Å². The first-order valence-electron chi connectivity index (χ1n) is 7.88. The Morgan fingerprint density at radius 1 is 1.57 bits per heavy atom. The molecule has 5 heteroatoms. The molecule has 4 nitrogen and oxygen atoms in total. The maximum absolute atomic E-state index is 10.8. The quantitative estimate of drug-likeness (QED) is 0.906. The van der Waals surface area contributed by atoms with Crippen LogP contribution in [0.5, 0.6) is 0 Å². The number of hydrogen-bond donors (Lipinski definition) is 1. The van der Waals surface area contributed by atoms with Crippen LogP contribution in [-0.4, -0.2) is 33.7 Å². The molecule has 1 aliphatic rings. The lowest BCUT2D eigenvalue weighted by Gasteiger charge is -2.42. The molecule has 0 radical (unpaired) electrons. The summed E-state index contributed by atoms with van der Waals surface area (Å²) in [4.78, 5) is 0. The number of aryl methyl sites for hydroxylation is 2. The van der Waals surface area contributed by atoms with Gasteiger partial charge in [0.15, 0.2) is 0 Å². The summed E-state index contributed by atoms with van der Waals surface area (Å²) >= 11 is 6.36. The largest absolute Gasteiger partial charge is 0.390 e. The molecule has 1 saturated carbocycles. The Hall–Kier alpha value is -0.580. The molecule has 2 rings (SSSR count). The van der Waals surface area contributed by atoms with E-state index in [2.05, 4.69) is 12.0 Å². The number of methoxy groups -OCH3 is 1. The molecule has 0 bridgehead atoms. The third-order valence-corrected chi connectivity index (χ3v) is 5.34. The van der Waals surface area contributed by atoms with Gasteiger partial charge in [0, 0.05) is 20.1 Å². The molecular formula is C16H27ClN2O2. The van der Waals surface area contributed by atoms with Gasteiger partial charge in [-0.25, -0.2) is 0 Å². The van der Waals surface area contributed by atoms with Gasteiger partial charge in [-0.05, 0) is 32.6 Å². The Morgan fingerprint density at radius 3 is 2.86 bits per heavy atom. The van der Waals surface area contributed by atoms with Crippen LogP contribution in [0.1, 0.15) is 50.9 Å². The molecule has 1 aromatic rings. The summed E-state index contributed by atoms with van der Waals surface area (Å²) in [6.45, 7) is 6.92. The van der Waals surface area contributed by atoms with Crippen molar-refractivity contribution in [2.24, 2.45) is 5.92 Å². The van der Waals surface area contributed by atoms with Crippen molar-refractivity contribution in [2.45, 2.75) is 71.1 Å². The number of ether oxygens (including phenoxy) is 1. The number of rotatable bonds is 5. The molecule has 1 N–H and O–H groups in total. The van der Waals surface area contributed by atoms with Crippen molar-refractivity contribution in [3.8, 4) is 0 Å². The second kappa shape index (κ2) is 6.67. The van der Waals surface area contributed by atoms with Crippen molar-refractivity contribution in [1.82, 2.24) is 9.78 Å². The van der Waals surface area contributed by atoms with Crippen LogP contribution in [0.2, 0.25) is 5.02 Å². The van der Waals surface area contributed by atoms with Crippen LogP contribution < -0.4 is 0 Å². The fourth-order valence-corrected chi connectivity index (χ4v) is 3.81. The maximum Gasteiger partial charge on any atom is 0.0942 e. The van der Waals surface area contributed by atoms with Crippen LogP contribution in [0.15, 0.2) is 0 Å². The van der Waals surface area contributed by atoms with E-state index in [4.69, 9.17) is 16.3 Å². The Morgan fingerprint density at radius 2 is 2.29 bits per heavy atom. The number of aliphatic hydroxyl groups excluding tert-OH is 1. The highest BCUT2D eigenvalue weighted by atomic mass is 35.5. The molecule has 120 valence electrons. The third kappa shape index (κ3) is 3.27.